The van der Waals surface area contributed by atoms with Crippen LogP contribution in [0.3, 0.4) is 0 Å². The maximum Gasteiger partial charge on any atom is 0.295 e. The molecule has 4 aromatic rings. The van der Waals surface area contributed by atoms with Crippen molar-refractivity contribution in [3.8, 4) is 5.69 Å². The van der Waals surface area contributed by atoms with E-state index in [1.54, 1.807) is 36.9 Å². The van der Waals surface area contributed by atoms with Crippen LogP contribution in [0.2, 0.25) is 0 Å². The van der Waals surface area contributed by atoms with Gasteiger partial charge < -0.3 is 15.1 Å². The lowest BCUT2D eigenvalue weighted by atomic mass is 10.1. The van der Waals surface area contributed by atoms with E-state index in [1.807, 2.05) is 49.4 Å². The molecule has 2 aromatic heterocycles. The number of nitrogens with one attached hydrogen (secondary N) is 2. The zero-order chi connectivity index (χ0) is 23.5. The molecule has 33 heavy (non-hydrogen) atoms. The molecule has 0 aliphatic rings. The molecule has 0 aliphatic heterocycles. The maximum absolute atomic E-state index is 13.3. The lowest BCUT2D eigenvalue weighted by Crippen LogP contribution is -2.47. The van der Waals surface area contributed by atoms with E-state index in [0.29, 0.717) is 16.9 Å². The summed E-state index contributed by atoms with van der Waals surface area (Å²) in [4.78, 5) is 39.3. The van der Waals surface area contributed by atoms with Crippen LogP contribution in [-0.2, 0) is 7.05 Å². The molecule has 2 aromatic carbocycles. The summed E-state index contributed by atoms with van der Waals surface area (Å²) in [6.45, 7) is 3.69. The second-order valence-electron chi connectivity index (χ2n) is 7.69. The topological polar surface area (TPSA) is 98.3 Å². The normalized spacial score (nSPS) is 11.7. The zero-order valence-corrected chi connectivity index (χ0v) is 18.5. The number of carbonyl (C=O) groups excluding carboxylic acids is 2. The standard InChI is InChI=1S/C25H24N4O4/c1-16-11-13-18(14-12-16)22(30)23(27-24(31)20-10-7-15-33-20)26-21-17(2)28(3)29(25(21)32)19-8-5-4-6-9-19/h4-15,23,26H,1-3H3,(H,27,31). The van der Waals surface area contributed by atoms with Crippen LogP contribution in [0.1, 0.15) is 32.2 Å². The summed E-state index contributed by atoms with van der Waals surface area (Å²) in [6.07, 6.45) is 0.183. The number of nitrogens with zero attached hydrogens (tertiary/aromatic N) is 2. The van der Waals surface area contributed by atoms with E-state index in [-0.39, 0.29) is 22.8 Å². The van der Waals surface area contributed by atoms with Crippen molar-refractivity contribution < 1.29 is 14.0 Å². The van der Waals surface area contributed by atoms with Gasteiger partial charge in [-0.15, -0.1) is 0 Å². The van der Waals surface area contributed by atoms with Gasteiger partial charge in [-0.2, -0.15) is 0 Å². The summed E-state index contributed by atoms with van der Waals surface area (Å²) in [5.41, 5.74) is 2.57. The van der Waals surface area contributed by atoms with Crippen molar-refractivity contribution >= 4 is 17.4 Å². The molecule has 168 valence electrons. The Morgan fingerprint density at radius 1 is 0.939 bits per heavy atom. The van der Waals surface area contributed by atoms with Crippen molar-refractivity contribution in [2.75, 3.05) is 5.32 Å². The van der Waals surface area contributed by atoms with Gasteiger partial charge in [-0.25, -0.2) is 4.68 Å². The Morgan fingerprint density at radius 2 is 1.64 bits per heavy atom. The first-order valence-corrected chi connectivity index (χ1v) is 10.4. The Labute approximate surface area is 190 Å². The van der Waals surface area contributed by atoms with Crippen LogP contribution in [0, 0.1) is 13.8 Å². The number of Topliss-reactive ketones (excluding diaryl/α,β-unsaturated/α-hetero) is 1. The van der Waals surface area contributed by atoms with Crippen molar-refractivity contribution in [1.82, 2.24) is 14.7 Å². The van der Waals surface area contributed by atoms with Crippen molar-refractivity contribution in [2.45, 2.75) is 20.0 Å². The second-order valence-corrected chi connectivity index (χ2v) is 7.69. The minimum Gasteiger partial charge on any atom is -0.459 e. The number of benzene rings is 2. The van der Waals surface area contributed by atoms with E-state index >= 15 is 0 Å². The largest absolute Gasteiger partial charge is 0.459 e. The average Bonchev–Trinajstić information content (AvgIpc) is 3.43. The minimum atomic E-state index is -1.19. The SMILES string of the molecule is Cc1ccc(C(=O)C(NC(=O)c2ccco2)Nc2c(C)n(C)n(-c3ccccc3)c2=O)cc1. The molecule has 8 heteroatoms. The number of aromatic nitrogens is 2. The van der Waals surface area contributed by atoms with E-state index in [2.05, 4.69) is 10.6 Å². The average molecular weight is 444 g/mol. The summed E-state index contributed by atoms with van der Waals surface area (Å²) >= 11 is 0. The van der Waals surface area contributed by atoms with Gasteiger partial charge in [-0.1, -0.05) is 48.0 Å². The summed E-state index contributed by atoms with van der Waals surface area (Å²) < 4.78 is 8.35. The van der Waals surface area contributed by atoms with E-state index in [4.69, 9.17) is 4.42 Å². The molecule has 1 atom stereocenters. The van der Waals surface area contributed by atoms with Crippen LogP contribution in [0.4, 0.5) is 5.69 Å². The van der Waals surface area contributed by atoms with Gasteiger partial charge in [0.15, 0.2) is 11.9 Å². The van der Waals surface area contributed by atoms with Crippen LogP contribution in [0.5, 0.6) is 0 Å². The molecule has 1 amide bonds. The zero-order valence-electron chi connectivity index (χ0n) is 18.5. The quantitative estimate of drug-likeness (QED) is 0.336. The molecule has 0 bridgehead atoms. The number of hydrogen-bond acceptors (Lipinski definition) is 5. The number of para-hydroxylation sites is 1. The third-order valence-electron chi connectivity index (χ3n) is 5.46. The number of carbonyl (C=O) groups is 2. The van der Waals surface area contributed by atoms with E-state index in [0.717, 1.165) is 5.56 Å². The Hall–Kier alpha value is -4.33. The van der Waals surface area contributed by atoms with Gasteiger partial charge in [-0.05, 0) is 38.1 Å². The van der Waals surface area contributed by atoms with Crippen LogP contribution in [0.25, 0.3) is 5.69 Å². The predicted molar refractivity (Wildman–Crippen MR) is 125 cm³/mol. The van der Waals surface area contributed by atoms with Crippen molar-refractivity contribution in [2.24, 2.45) is 7.05 Å². The molecule has 0 saturated heterocycles. The third-order valence-corrected chi connectivity index (χ3v) is 5.46. The lowest BCUT2D eigenvalue weighted by molar-refractivity contribution is 0.0852. The number of aryl methyl sites for hydroxylation is 1. The number of furan rings is 1. The summed E-state index contributed by atoms with van der Waals surface area (Å²) in [7, 11) is 1.76. The van der Waals surface area contributed by atoms with Crippen LogP contribution in [0.15, 0.2) is 82.2 Å². The molecule has 1 unspecified atom stereocenters. The minimum absolute atomic E-state index is 0.0602. The van der Waals surface area contributed by atoms with Gasteiger partial charge in [-0.3, -0.25) is 19.1 Å². The number of ketones is 1. The van der Waals surface area contributed by atoms with Gasteiger partial charge in [0.25, 0.3) is 11.5 Å². The Kier molecular flexibility index (Phi) is 5.99. The molecule has 0 saturated carbocycles. The fourth-order valence-corrected chi connectivity index (χ4v) is 3.54. The molecule has 4 rings (SSSR count). The van der Waals surface area contributed by atoms with Gasteiger partial charge >= 0.3 is 0 Å². The highest BCUT2D eigenvalue weighted by Crippen LogP contribution is 2.16. The highest BCUT2D eigenvalue weighted by molar-refractivity contribution is 6.04. The van der Waals surface area contributed by atoms with Gasteiger partial charge in [0.05, 0.1) is 17.6 Å². The summed E-state index contributed by atoms with van der Waals surface area (Å²) in [6, 6.07) is 19.3. The number of rotatable bonds is 7. The molecule has 8 nitrogen and oxygen atoms in total. The molecule has 2 heterocycles. The second kappa shape index (κ2) is 9.04. The monoisotopic (exact) mass is 444 g/mol. The molecule has 2 N–H and O–H groups in total. The highest BCUT2D eigenvalue weighted by Gasteiger charge is 2.27. The van der Waals surface area contributed by atoms with Crippen LogP contribution >= 0.6 is 0 Å². The number of anilines is 1. The molecule has 0 spiro atoms. The van der Waals surface area contributed by atoms with Crippen molar-refractivity contribution in [1.29, 1.82) is 0 Å². The molecule has 0 radical (unpaired) electrons. The summed E-state index contributed by atoms with van der Waals surface area (Å²) in [5.74, 6) is -0.899. The molecule has 0 fully saturated rings. The number of hydrogen-bond donors (Lipinski definition) is 2. The first-order chi connectivity index (χ1) is 15.9. The Balaban J connectivity index is 1.72. The Morgan fingerprint density at radius 3 is 2.27 bits per heavy atom. The highest BCUT2D eigenvalue weighted by atomic mass is 16.3. The number of amides is 1. The Bertz CT molecular complexity index is 1330. The molecule has 0 aliphatic carbocycles. The van der Waals surface area contributed by atoms with Crippen molar-refractivity contribution in [3.63, 3.8) is 0 Å². The first kappa shape index (κ1) is 21.9. The van der Waals surface area contributed by atoms with Crippen LogP contribution in [-0.4, -0.2) is 27.2 Å². The van der Waals surface area contributed by atoms with E-state index < -0.39 is 12.1 Å². The maximum atomic E-state index is 13.3. The van der Waals surface area contributed by atoms with E-state index in [9.17, 15) is 14.4 Å². The van der Waals surface area contributed by atoms with Gasteiger partial charge in [0.2, 0.25) is 5.78 Å². The fraction of sp³-hybridized carbons (Fsp3) is 0.160. The first-order valence-electron chi connectivity index (χ1n) is 10.4. The third kappa shape index (κ3) is 4.36. The van der Waals surface area contributed by atoms with E-state index in [1.165, 1.54) is 17.0 Å². The smallest absolute Gasteiger partial charge is 0.295 e. The predicted octanol–water partition coefficient (Wildman–Crippen LogP) is 3.44. The van der Waals surface area contributed by atoms with Gasteiger partial charge in [0, 0.05) is 12.6 Å². The summed E-state index contributed by atoms with van der Waals surface area (Å²) in [5, 5.41) is 5.63. The van der Waals surface area contributed by atoms with Crippen molar-refractivity contribution in [3.05, 3.63) is 106 Å². The molecular weight excluding hydrogens is 420 g/mol. The molecular formula is C25H24N4O4. The van der Waals surface area contributed by atoms with Gasteiger partial charge in [0.1, 0.15) is 5.69 Å². The fourth-order valence-electron chi connectivity index (χ4n) is 3.54. The van der Waals surface area contributed by atoms with Crippen LogP contribution < -0.4 is 16.2 Å². The lowest BCUT2D eigenvalue weighted by Gasteiger charge is -2.19.